The predicted molar refractivity (Wildman–Crippen MR) is 102 cm³/mol. The van der Waals surface area contributed by atoms with Gasteiger partial charge in [0.05, 0.1) is 18.4 Å². The van der Waals surface area contributed by atoms with Crippen molar-refractivity contribution in [2.24, 2.45) is 0 Å². The van der Waals surface area contributed by atoms with Crippen molar-refractivity contribution >= 4 is 21.6 Å². The molecule has 7 heteroatoms. The third-order valence-electron chi connectivity index (χ3n) is 4.04. The van der Waals surface area contributed by atoms with E-state index in [4.69, 9.17) is 4.74 Å². The molecule has 0 fully saturated rings. The van der Waals surface area contributed by atoms with Gasteiger partial charge in [0.25, 0.3) is 0 Å². The second-order valence-electron chi connectivity index (χ2n) is 6.22. The Morgan fingerprint density at radius 2 is 1.81 bits per heavy atom. The number of anilines is 1. The van der Waals surface area contributed by atoms with Crippen molar-refractivity contribution in [3.05, 3.63) is 54.1 Å². The molecule has 0 bridgehead atoms. The highest BCUT2D eigenvalue weighted by Gasteiger charge is 2.22. The smallest absolute Gasteiger partial charge is 0.243 e. The lowest BCUT2D eigenvalue weighted by molar-refractivity contribution is -0.115. The molecule has 0 aliphatic heterocycles. The molecule has 0 spiro atoms. The topological polar surface area (TPSA) is 75.7 Å². The van der Waals surface area contributed by atoms with Crippen molar-refractivity contribution < 1.29 is 17.9 Å². The molecule has 1 amide bonds. The lowest BCUT2D eigenvalue weighted by Crippen LogP contribution is -2.33. The summed E-state index contributed by atoms with van der Waals surface area (Å²) in [6, 6.07) is 13.3. The standard InChI is InChI=1S/C19H24N2O4S/c1-14(2)21(3)26(23,24)18-10-8-16(9-11-18)20-19(22)13-15-6-5-7-17(12-15)25-4/h5-12,14H,13H2,1-4H3,(H,20,22). The third kappa shape index (κ3) is 4.83. The van der Waals surface area contributed by atoms with E-state index in [2.05, 4.69) is 5.32 Å². The van der Waals surface area contributed by atoms with Crippen LogP contribution in [0, 0.1) is 0 Å². The Labute approximate surface area is 154 Å². The summed E-state index contributed by atoms with van der Waals surface area (Å²) in [5.74, 6) is 0.507. The van der Waals surface area contributed by atoms with Crippen LogP contribution >= 0.6 is 0 Å². The number of nitrogens with one attached hydrogen (secondary N) is 1. The van der Waals surface area contributed by atoms with Crippen molar-refractivity contribution in [2.45, 2.75) is 31.2 Å². The molecule has 2 aromatic rings. The van der Waals surface area contributed by atoms with Crippen molar-refractivity contribution in [2.75, 3.05) is 19.5 Å². The van der Waals surface area contributed by atoms with Crippen LogP contribution in [-0.4, -0.2) is 38.8 Å². The van der Waals surface area contributed by atoms with Gasteiger partial charge in [-0.25, -0.2) is 8.42 Å². The average Bonchev–Trinajstić information content (AvgIpc) is 2.61. The first-order valence-corrected chi connectivity index (χ1v) is 9.69. The average molecular weight is 376 g/mol. The van der Waals surface area contributed by atoms with Gasteiger partial charge < -0.3 is 10.1 Å². The molecule has 140 valence electrons. The van der Waals surface area contributed by atoms with Crippen LogP contribution in [0.3, 0.4) is 0 Å². The number of amides is 1. The summed E-state index contributed by atoms with van der Waals surface area (Å²) in [6.45, 7) is 3.62. The molecule has 0 aromatic heterocycles. The maximum absolute atomic E-state index is 12.4. The fourth-order valence-electron chi connectivity index (χ4n) is 2.33. The number of carbonyl (C=O) groups excluding carboxylic acids is 1. The normalized spacial score (nSPS) is 11.6. The van der Waals surface area contributed by atoms with Gasteiger partial charge in [0.2, 0.25) is 15.9 Å². The Bertz CT molecular complexity index is 861. The summed E-state index contributed by atoms with van der Waals surface area (Å²) < 4.78 is 31.3. The Hall–Kier alpha value is -2.38. The maximum Gasteiger partial charge on any atom is 0.243 e. The van der Waals surface area contributed by atoms with E-state index < -0.39 is 10.0 Å². The zero-order chi connectivity index (χ0) is 19.3. The Balaban J connectivity index is 2.05. The molecule has 6 nitrogen and oxygen atoms in total. The number of hydrogen-bond donors (Lipinski definition) is 1. The molecule has 0 saturated heterocycles. The molecule has 0 aliphatic rings. The highest BCUT2D eigenvalue weighted by atomic mass is 32.2. The third-order valence-corrected chi connectivity index (χ3v) is 6.09. The quantitative estimate of drug-likeness (QED) is 0.806. The number of benzene rings is 2. The number of carbonyl (C=O) groups is 1. The summed E-state index contributed by atoms with van der Waals surface area (Å²) in [5.41, 5.74) is 1.38. The SMILES string of the molecule is COc1cccc(CC(=O)Nc2ccc(S(=O)(=O)N(C)C(C)C)cc2)c1. The van der Waals surface area contributed by atoms with Gasteiger partial charge >= 0.3 is 0 Å². The van der Waals surface area contributed by atoms with Gasteiger partial charge in [-0.2, -0.15) is 4.31 Å². The van der Waals surface area contributed by atoms with Crippen molar-refractivity contribution in [3.8, 4) is 5.75 Å². The van der Waals surface area contributed by atoms with E-state index in [9.17, 15) is 13.2 Å². The first kappa shape index (κ1) is 19.9. The monoisotopic (exact) mass is 376 g/mol. The lowest BCUT2D eigenvalue weighted by Gasteiger charge is -2.21. The number of nitrogens with zero attached hydrogens (tertiary/aromatic N) is 1. The predicted octanol–water partition coefficient (Wildman–Crippen LogP) is 2.91. The lowest BCUT2D eigenvalue weighted by atomic mass is 10.1. The zero-order valence-corrected chi connectivity index (χ0v) is 16.2. The van der Waals surface area contributed by atoms with Crippen molar-refractivity contribution in [1.82, 2.24) is 4.31 Å². The van der Waals surface area contributed by atoms with Gasteiger partial charge in [0.15, 0.2) is 0 Å². The van der Waals surface area contributed by atoms with Crippen LogP contribution in [0.4, 0.5) is 5.69 Å². The second kappa shape index (κ2) is 8.33. The molecule has 1 N–H and O–H groups in total. The Kier molecular flexibility index (Phi) is 6.39. The van der Waals surface area contributed by atoms with Crippen LogP contribution in [-0.2, 0) is 21.2 Å². The van der Waals surface area contributed by atoms with E-state index in [0.717, 1.165) is 5.56 Å². The van der Waals surface area contributed by atoms with Crippen LogP contribution < -0.4 is 10.1 Å². The van der Waals surface area contributed by atoms with Gasteiger partial charge in [-0.1, -0.05) is 12.1 Å². The molecule has 0 atom stereocenters. The van der Waals surface area contributed by atoms with Crippen LogP contribution in [0.1, 0.15) is 19.4 Å². The fourth-order valence-corrected chi connectivity index (χ4v) is 3.69. The first-order chi connectivity index (χ1) is 12.2. The molecule has 0 heterocycles. The molecule has 2 rings (SSSR count). The molecule has 0 aliphatic carbocycles. The summed E-state index contributed by atoms with van der Waals surface area (Å²) in [7, 11) is -0.413. The minimum absolute atomic E-state index is 0.137. The fraction of sp³-hybridized carbons (Fsp3) is 0.316. The van der Waals surface area contributed by atoms with Crippen LogP contribution in [0.5, 0.6) is 5.75 Å². The van der Waals surface area contributed by atoms with Crippen molar-refractivity contribution in [1.29, 1.82) is 0 Å². The van der Waals surface area contributed by atoms with E-state index in [1.165, 1.54) is 16.4 Å². The minimum Gasteiger partial charge on any atom is -0.497 e. The Morgan fingerprint density at radius 1 is 1.15 bits per heavy atom. The van der Waals surface area contributed by atoms with E-state index in [-0.39, 0.29) is 23.3 Å². The van der Waals surface area contributed by atoms with Crippen molar-refractivity contribution in [3.63, 3.8) is 0 Å². The number of ether oxygens (including phenoxy) is 1. The van der Waals surface area contributed by atoms with E-state index >= 15 is 0 Å². The molecule has 2 aromatic carbocycles. The number of hydrogen-bond acceptors (Lipinski definition) is 4. The first-order valence-electron chi connectivity index (χ1n) is 8.25. The summed E-state index contributed by atoms with van der Waals surface area (Å²) in [4.78, 5) is 12.4. The van der Waals surface area contributed by atoms with Crippen LogP contribution in [0.25, 0.3) is 0 Å². The molecule has 26 heavy (non-hydrogen) atoms. The van der Waals surface area contributed by atoms with E-state index in [0.29, 0.717) is 11.4 Å². The minimum atomic E-state index is -3.53. The molecule has 0 unspecified atom stereocenters. The molecular formula is C19H24N2O4S. The maximum atomic E-state index is 12.4. The van der Waals surface area contributed by atoms with Gasteiger partial charge in [0.1, 0.15) is 5.75 Å². The van der Waals surface area contributed by atoms with Gasteiger partial charge in [-0.3, -0.25) is 4.79 Å². The van der Waals surface area contributed by atoms with E-state index in [1.54, 1.807) is 32.4 Å². The van der Waals surface area contributed by atoms with E-state index in [1.807, 2.05) is 32.0 Å². The number of rotatable bonds is 7. The highest BCUT2D eigenvalue weighted by molar-refractivity contribution is 7.89. The number of methoxy groups -OCH3 is 1. The second-order valence-corrected chi connectivity index (χ2v) is 8.21. The largest absolute Gasteiger partial charge is 0.497 e. The Morgan fingerprint density at radius 3 is 2.38 bits per heavy atom. The highest BCUT2D eigenvalue weighted by Crippen LogP contribution is 2.19. The molecule has 0 saturated carbocycles. The van der Waals surface area contributed by atoms with Crippen LogP contribution in [0.2, 0.25) is 0 Å². The summed E-state index contributed by atoms with van der Waals surface area (Å²) in [5, 5.41) is 2.77. The van der Waals surface area contributed by atoms with Gasteiger partial charge in [0, 0.05) is 18.8 Å². The number of sulfonamides is 1. The van der Waals surface area contributed by atoms with Crippen LogP contribution in [0.15, 0.2) is 53.4 Å². The summed E-state index contributed by atoms with van der Waals surface area (Å²) in [6.07, 6.45) is 0.202. The van der Waals surface area contributed by atoms with Gasteiger partial charge in [-0.05, 0) is 55.8 Å². The zero-order valence-electron chi connectivity index (χ0n) is 15.4. The van der Waals surface area contributed by atoms with Gasteiger partial charge in [-0.15, -0.1) is 0 Å². The molecule has 0 radical (unpaired) electrons. The molecular weight excluding hydrogens is 352 g/mol. The summed E-state index contributed by atoms with van der Waals surface area (Å²) >= 11 is 0.